The molecule has 0 heterocycles. The summed E-state index contributed by atoms with van der Waals surface area (Å²) < 4.78 is 0. The minimum Gasteiger partial charge on any atom is -0.405 e. The number of hydrogen-bond acceptors (Lipinski definition) is 1. The van der Waals surface area contributed by atoms with E-state index in [4.69, 9.17) is 5.73 Å². The molecule has 0 atom stereocenters. The van der Waals surface area contributed by atoms with Crippen molar-refractivity contribution in [3.05, 3.63) is 12.3 Å². The summed E-state index contributed by atoms with van der Waals surface area (Å²) in [6.07, 6.45) is 14.6. The Bertz CT molecular complexity index is 127. The summed E-state index contributed by atoms with van der Waals surface area (Å²) in [5.74, 6) is 0.879. The Hall–Kier alpha value is -0.460. The van der Waals surface area contributed by atoms with Crippen LogP contribution in [0.15, 0.2) is 12.3 Å². The lowest BCUT2D eigenvalue weighted by Gasteiger charge is -2.03. The highest BCUT2D eigenvalue weighted by Gasteiger charge is 1.94. The highest BCUT2D eigenvalue weighted by Crippen LogP contribution is 2.11. The zero-order valence-electron chi connectivity index (χ0n) is 9.97. The number of allylic oxidation sites excluding steroid dienone is 1. The third kappa shape index (κ3) is 11.5. The van der Waals surface area contributed by atoms with E-state index in [-0.39, 0.29) is 0 Å². The lowest BCUT2D eigenvalue weighted by molar-refractivity contribution is 0.512. The standard InChI is InChI=1S/C13H27N/c1-13(2)11-9-7-5-3-4-6-8-10-12-14/h10,12-13H,3-9,11,14H2,1-2H3. The molecular weight excluding hydrogens is 170 g/mol. The molecule has 0 spiro atoms. The molecule has 84 valence electrons. The molecule has 0 aliphatic carbocycles. The third-order valence-electron chi connectivity index (χ3n) is 2.54. The first kappa shape index (κ1) is 13.5. The fraction of sp³-hybridized carbons (Fsp3) is 0.846. The molecule has 0 fully saturated rings. The Morgan fingerprint density at radius 3 is 2.07 bits per heavy atom. The van der Waals surface area contributed by atoms with Crippen LogP contribution < -0.4 is 5.73 Å². The molecule has 0 radical (unpaired) electrons. The van der Waals surface area contributed by atoms with Gasteiger partial charge >= 0.3 is 0 Å². The molecule has 0 aliphatic rings. The van der Waals surface area contributed by atoms with E-state index >= 15 is 0 Å². The number of rotatable bonds is 9. The predicted octanol–water partition coefficient (Wildman–Crippen LogP) is 4.24. The number of nitrogens with two attached hydrogens (primary N) is 1. The fourth-order valence-electron chi connectivity index (χ4n) is 1.62. The smallest absolute Gasteiger partial charge is 0.0103 e. The van der Waals surface area contributed by atoms with Gasteiger partial charge in [0.2, 0.25) is 0 Å². The molecule has 1 heteroatoms. The summed E-state index contributed by atoms with van der Waals surface area (Å²) in [7, 11) is 0. The first-order valence-electron chi connectivity index (χ1n) is 6.14. The molecule has 0 amide bonds. The molecule has 0 aromatic carbocycles. The highest BCUT2D eigenvalue weighted by atomic mass is 14.5. The summed E-state index contributed by atoms with van der Waals surface area (Å²) >= 11 is 0. The average molecular weight is 197 g/mol. The fourth-order valence-corrected chi connectivity index (χ4v) is 1.62. The van der Waals surface area contributed by atoms with E-state index < -0.39 is 0 Å². The van der Waals surface area contributed by atoms with Gasteiger partial charge in [-0.05, 0) is 25.0 Å². The van der Waals surface area contributed by atoms with Gasteiger partial charge in [-0.2, -0.15) is 0 Å². The summed E-state index contributed by atoms with van der Waals surface area (Å²) in [6, 6.07) is 0. The Kier molecular flexibility index (Phi) is 10.3. The maximum atomic E-state index is 5.26. The van der Waals surface area contributed by atoms with Crippen LogP contribution in [0.4, 0.5) is 0 Å². The molecule has 0 unspecified atom stereocenters. The van der Waals surface area contributed by atoms with Crippen molar-refractivity contribution in [1.82, 2.24) is 0 Å². The third-order valence-corrected chi connectivity index (χ3v) is 2.54. The zero-order chi connectivity index (χ0) is 10.6. The lowest BCUT2D eigenvalue weighted by atomic mass is 10.0. The van der Waals surface area contributed by atoms with Gasteiger partial charge in [-0.3, -0.25) is 0 Å². The second-order valence-corrected chi connectivity index (χ2v) is 4.52. The Labute approximate surface area is 89.8 Å². The van der Waals surface area contributed by atoms with Crippen molar-refractivity contribution < 1.29 is 0 Å². The molecular formula is C13H27N. The van der Waals surface area contributed by atoms with Crippen LogP contribution in [0.25, 0.3) is 0 Å². The first-order chi connectivity index (χ1) is 6.77. The number of hydrogen-bond donors (Lipinski definition) is 1. The molecule has 1 nitrogen and oxygen atoms in total. The quantitative estimate of drug-likeness (QED) is 0.550. The van der Waals surface area contributed by atoms with E-state index in [0.29, 0.717) is 0 Å². The summed E-state index contributed by atoms with van der Waals surface area (Å²) in [4.78, 5) is 0. The van der Waals surface area contributed by atoms with Crippen molar-refractivity contribution >= 4 is 0 Å². The van der Waals surface area contributed by atoms with Crippen molar-refractivity contribution in [3.8, 4) is 0 Å². The molecule has 14 heavy (non-hydrogen) atoms. The Balaban J connectivity index is 2.92. The Morgan fingerprint density at radius 2 is 1.50 bits per heavy atom. The monoisotopic (exact) mass is 197 g/mol. The van der Waals surface area contributed by atoms with Gasteiger partial charge in [0.05, 0.1) is 0 Å². The van der Waals surface area contributed by atoms with E-state index in [1.165, 1.54) is 44.9 Å². The molecule has 0 aromatic heterocycles. The first-order valence-corrected chi connectivity index (χ1v) is 6.14. The van der Waals surface area contributed by atoms with Gasteiger partial charge in [0.15, 0.2) is 0 Å². The van der Waals surface area contributed by atoms with Crippen LogP contribution in [0.1, 0.15) is 65.2 Å². The van der Waals surface area contributed by atoms with Gasteiger partial charge in [0.1, 0.15) is 0 Å². The topological polar surface area (TPSA) is 26.0 Å². The van der Waals surface area contributed by atoms with Crippen LogP contribution in [0.5, 0.6) is 0 Å². The number of unbranched alkanes of at least 4 members (excludes halogenated alkanes) is 6. The van der Waals surface area contributed by atoms with Crippen molar-refractivity contribution in [3.63, 3.8) is 0 Å². The van der Waals surface area contributed by atoms with Crippen LogP contribution in [0.2, 0.25) is 0 Å². The summed E-state index contributed by atoms with van der Waals surface area (Å²) in [5.41, 5.74) is 5.26. The summed E-state index contributed by atoms with van der Waals surface area (Å²) in [5, 5.41) is 0. The van der Waals surface area contributed by atoms with Gasteiger partial charge in [-0.1, -0.05) is 58.4 Å². The predicted molar refractivity (Wildman–Crippen MR) is 65.1 cm³/mol. The second-order valence-electron chi connectivity index (χ2n) is 4.52. The van der Waals surface area contributed by atoms with E-state index in [0.717, 1.165) is 12.3 Å². The largest absolute Gasteiger partial charge is 0.405 e. The maximum Gasteiger partial charge on any atom is -0.0103 e. The van der Waals surface area contributed by atoms with Crippen molar-refractivity contribution in [1.29, 1.82) is 0 Å². The van der Waals surface area contributed by atoms with Crippen molar-refractivity contribution in [2.24, 2.45) is 11.7 Å². The normalized spacial score (nSPS) is 11.6. The van der Waals surface area contributed by atoms with Gasteiger partial charge < -0.3 is 5.73 Å². The summed E-state index contributed by atoms with van der Waals surface area (Å²) in [6.45, 7) is 4.61. The van der Waals surface area contributed by atoms with Gasteiger partial charge in [0, 0.05) is 0 Å². The maximum absolute atomic E-state index is 5.26. The molecule has 0 saturated heterocycles. The van der Waals surface area contributed by atoms with Gasteiger partial charge in [-0.15, -0.1) is 0 Å². The Morgan fingerprint density at radius 1 is 0.929 bits per heavy atom. The lowest BCUT2D eigenvalue weighted by Crippen LogP contribution is -1.87. The SMILES string of the molecule is CC(C)CCCCCCCCC=CN. The van der Waals surface area contributed by atoms with E-state index in [1.54, 1.807) is 6.20 Å². The van der Waals surface area contributed by atoms with Crippen molar-refractivity contribution in [2.75, 3.05) is 0 Å². The molecule has 0 aromatic rings. The van der Waals surface area contributed by atoms with Crippen LogP contribution in [0.3, 0.4) is 0 Å². The van der Waals surface area contributed by atoms with E-state index in [9.17, 15) is 0 Å². The van der Waals surface area contributed by atoms with E-state index in [1.807, 2.05) is 0 Å². The average Bonchev–Trinajstić information content (AvgIpc) is 2.15. The molecule has 2 N–H and O–H groups in total. The molecule has 0 saturated carbocycles. The molecule has 0 bridgehead atoms. The van der Waals surface area contributed by atoms with Crippen LogP contribution in [-0.4, -0.2) is 0 Å². The van der Waals surface area contributed by atoms with Crippen LogP contribution >= 0.6 is 0 Å². The van der Waals surface area contributed by atoms with Crippen LogP contribution in [0, 0.1) is 5.92 Å². The highest BCUT2D eigenvalue weighted by molar-refractivity contribution is 4.74. The van der Waals surface area contributed by atoms with E-state index in [2.05, 4.69) is 19.9 Å². The second kappa shape index (κ2) is 10.6. The molecule has 0 aliphatic heterocycles. The zero-order valence-corrected chi connectivity index (χ0v) is 9.97. The molecule has 0 rings (SSSR count). The minimum atomic E-state index is 0.879. The van der Waals surface area contributed by atoms with Crippen molar-refractivity contribution in [2.45, 2.75) is 65.2 Å². The van der Waals surface area contributed by atoms with Crippen LogP contribution in [-0.2, 0) is 0 Å². The minimum absolute atomic E-state index is 0.879. The van der Waals surface area contributed by atoms with Gasteiger partial charge in [0.25, 0.3) is 0 Å². The van der Waals surface area contributed by atoms with Gasteiger partial charge in [-0.25, -0.2) is 0 Å².